The second-order valence-corrected chi connectivity index (χ2v) is 5.50. The summed E-state index contributed by atoms with van der Waals surface area (Å²) in [5.41, 5.74) is 1.95. The van der Waals surface area contributed by atoms with Crippen molar-refractivity contribution in [1.82, 2.24) is 5.32 Å². The summed E-state index contributed by atoms with van der Waals surface area (Å²) in [6, 6.07) is 5.88. The first kappa shape index (κ1) is 15.5. The van der Waals surface area contributed by atoms with Gasteiger partial charge in [-0.25, -0.2) is 0 Å². The van der Waals surface area contributed by atoms with Crippen LogP contribution in [0.2, 0.25) is 0 Å². The molecule has 1 aromatic rings. The molecule has 0 heterocycles. The molecule has 0 radical (unpaired) electrons. The highest BCUT2D eigenvalue weighted by molar-refractivity contribution is 9.10. The van der Waals surface area contributed by atoms with E-state index in [-0.39, 0.29) is 18.3 Å². The normalized spacial score (nSPS) is 13.9. The molecule has 100 valence electrons. The second kappa shape index (κ2) is 7.12. The molecule has 0 aromatic heterocycles. The maximum absolute atomic E-state index is 11.7. The van der Waals surface area contributed by atoms with Crippen molar-refractivity contribution in [1.29, 1.82) is 0 Å². The molecule has 3 nitrogen and oxygen atoms in total. The zero-order valence-electron chi connectivity index (χ0n) is 10.3. The first-order valence-electron chi connectivity index (χ1n) is 5.92. The molecular weight excluding hydrogens is 316 g/mol. The number of carbonyl (C=O) groups is 1. The van der Waals surface area contributed by atoms with Crippen LogP contribution in [-0.4, -0.2) is 19.0 Å². The summed E-state index contributed by atoms with van der Waals surface area (Å²) in [6.07, 6.45) is 2.61. The van der Waals surface area contributed by atoms with E-state index in [4.69, 9.17) is 0 Å². The minimum absolute atomic E-state index is 0. The number of nitrogens with one attached hydrogen (secondary N) is 2. The molecule has 0 spiro atoms. The molecule has 0 aliphatic heterocycles. The third kappa shape index (κ3) is 4.96. The highest BCUT2D eigenvalue weighted by Gasteiger charge is 2.20. The Hall–Kier alpha value is -0.580. The number of amides is 1. The number of halogens is 2. The first-order valence-corrected chi connectivity index (χ1v) is 6.71. The van der Waals surface area contributed by atoms with Crippen molar-refractivity contribution >= 4 is 39.9 Å². The second-order valence-electron chi connectivity index (χ2n) is 4.58. The summed E-state index contributed by atoms with van der Waals surface area (Å²) in [5.74, 6) is 0.822. The number of rotatable bonds is 5. The number of aryl methyl sites for hydroxylation is 1. The van der Waals surface area contributed by atoms with Crippen LogP contribution in [0, 0.1) is 12.8 Å². The molecule has 5 heteroatoms. The Kier molecular flexibility index (Phi) is 6.12. The smallest absolute Gasteiger partial charge is 0.238 e. The van der Waals surface area contributed by atoms with Gasteiger partial charge >= 0.3 is 0 Å². The Balaban J connectivity index is 0.00000162. The van der Waals surface area contributed by atoms with Crippen LogP contribution in [0.4, 0.5) is 5.69 Å². The van der Waals surface area contributed by atoms with Gasteiger partial charge in [0.1, 0.15) is 0 Å². The minimum atomic E-state index is 0. The summed E-state index contributed by atoms with van der Waals surface area (Å²) in [5, 5.41) is 6.09. The van der Waals surface area contributed by atoms with Crippen molar-refractivity contribution in [3.05, 3.63) is 28.2 Å². The van der Waals surface area contributed by atoms with Crippen LogP contribution in [0.3, 0.4) is 0 Å². The van der Waals surface area contributed by atoms with E-state index in [1.54, 1.807) is 0 Å². The molecular formula is C13H18BrClN2O. The quantitative estimate of drug-likeness (QED) is 0.869. The predicted octanol–water partition coefficient (Wildman–Crippen LogP) is 3.12. The summed E-state index contributed by atoms with van der Waals surface area (Å²) in [4.78, 5) is 11.7. The largest absolute Gasteiger partial charge is 0.325 e. The molecule has 0 bridgehead atoms. The molecule has 18 heavy (non-hydrogen) atoms. The number of benzene rings is 1. The molecule has 1 saturated carbocycles. The van der Waals surface area contributed by atoms with E-state index in [9.17, 15) is 4.79 Å². The van der Waals surface area contributed by atoms with Crippen molar-refractivity contribution < 1.29 is 4.79 Å². The molecule has 0 unspecified atom stereocenters. The van der Waals surface area contributed by atoms with Gasteiger partial charge in [-0.3, -0.25) is 4.79 Å². The molecule has 2 rings (SSSR count). The Morgan fingerprint density at radius 3 is 2.83 bits per heavy atom. The standard InChI is InChI=1S/C13H17BrN2O.ClH/c1-9-2-5-11(14)6-12(9)16-13(17)8-15-7-10-3-4-10;/h2,5-6,10,15H,3-4,7-8H2,1H3,(H,16,17);1H. The Bertz CT molecular complexity index is 421. The van der Waals surface area contributed by atoms with E-state index in [0.717, 1.165) is 28.2 Å². The van der Waals surface area contributed by atoms with E-state index >= 15 is 0 Å². The lowest BCUT2D eigenvalue weighted by atomic mass is 10.2. The summed E-state index contributed by atoms with van der Waals surface area (Å²) in [6.45, 7) is 3.34. The molecule has 2 N–H and O–H groups in total. The van der Waals surface area contributed by atoms with Gasteiger partial charge in [-0.2, -0.15) is 0 Å². The van der Waals surface area contributed by atoms with Gasteiger partial charge in [-0.1, -0.05) is 22.0 Å². The van der Waals surface area contributed by atoms with Crippen molar-refractivity contribution in [2.75, 3.05) is 18.4 Å². The molecule has 1 amide bonds. The average Bonchev–Trinajstić information content (AvgIpc) is 3.07. The lowest BCUT2D eigenvalue weighted by Crippen LogP contribution is -2.29. The first-order chi connectivity index (χ1) is 8.15. The van der Waals surface area contributed by atoms with Crippen molar-refractivity contribution in [2.24, 2.45) is 5.92 Å². The third-order valence-electron chi connectivity index (χ3n) is 2.89. The molecule has 0 saturated heterocycles. The zero-order valence-corrected chi connectivity index (χ0v) is 12.7. The van der Waals surface area contributed by atoms with Crippen LogP contribution in [0.5, 0.6) is 0 Å². The Morgan fingerprint density at radius 2 is 2.17 bits per heavy atom. The lowest BCUT2D eigenvalue weighted by Gasteiger charge is -2.09. The van der Waals surface area contributed by atoms with Crippen LogP contribution in [0.25, 0.3) is 0 Å². The minimum Gasteiger partial charge on any atom is -0.325 e. The molecule has 1 fully saturated rings. The fourth-order valence-electron chi connectivity index (χ4n) is 1.64. The Labute approximate surface area is 122 Å². The number of carbonyl (C=O) groups excluding carboxylic acids is 1. The van der Waals surface area contributed by atoms with E-state index < -0.39 is 0 Å². The van der Waals surface area contributed by atoms with E-state index in [0.29, 0.717) is 6.54 Å². The van der Waals surface area contributed by atoms with E-state index in [1.807, 2.05) is 25.1 Å². The van der Waals surface area contributed by atoms with Gasteiger partial charge in [0.15, 0.2) is 0 Å². The molecule has 0 atom stereocenters. The summed E-state index contributed by atoms with van der Waals surface area (Å²) < 4.78 is 0.976. The van der Waals surface area contributed by atoms with E-state index in [1.165, 1.54) is 12.8 Å². The van der Waals surface area contributed by atoms with E-state index in [2.05, 4.69) is 26.6 Å². The average molecular weight is 334 g/mol. The number of hydrogen-bond acceptors (Lipinski definition) is 2. The highest BCUT2D eigenvalue weighted by atomic mass is 79.9. The summed E-state index contributed by atoms with van der Waals surface area (Å²) in [7, 11) is 0. The van der Waals surface area contributed by atoms with Gasteiger partial charge in [-0.05, 0) is 49.9 Å². The SMILES string of the molecule is Cc1ccc(Br)cc1NC(=O)CNCC1CC1.Cl. The van der Waals surface area contributed by atoms with Crippen LogP contribution < -0.4 is 10.6 Å². The van der Waals surface area contributed by atoms with Crippen molar-refractivity contribution in [2.45, 2.75) is 19.8 Å². The van der Waals surface area contributed by atoms with Gasteiger partial charge in [0, 0.05) is 10.2 Å². The maximum Gasteiger partial charge on any atom is 0.238 e. The number of anilines is 1. The van der Waals surface area contributed by atoms with Gasteiger partial charge in [0.2, 0.25) is 5.91 Å². The number of hydrogen-bond donors (Lipinski definition) is 2. The molecule has 1 aliphatic carbocycles. The van der Waals surface area contributed by atoms with Crippen LogP contribution in [0.15, 0.2) is 22.7 Å². The van der Waals surface area contributed by atoms with Crippen LogP contribution in [0.1, 0.15) is 18.4 Å². The third-order valence-corrected chi connectivity index (χ3v) is 3.38. The monoisotopic (exact) mass is 332 g/mol. The predicted molar refractivity (Wildman–Crippen MR) is 80.4 cm³/mol. The van der Waals surface area contributed by atoms with Gasteiger partial charge < -0.3 is 10.6 Å². The van der Waals surface area contributed by atoms with Crippen molar-refractivity contribution in [3.8, 4) is 0 Å². The van der Waals surface area contributed by atoms with Gasteiger partial charge in [0.25, 0.3) is 0 Å². The molecule has 1 aromatic carbocycles. The van der Waals surface area contributed by atoms with Gasteiger partial charge in [0.05, 0.1) is 6.54 Å². The fourth-order valence-corrected chi connectivity index (χ4v) is 2.00. The highest BCUT2D eigenvalue weighted by Crippen LogP contribution is 2.27. The zero-order chi connectivity index (χ0) is 12.3. The fraction of sp³-hybridized carbons (Fsp3) is 0.462. The van der Waals surface area contributed by atoms with Crippen LogP contribution in [-0.2, 0) is 4.79 Å². The lowest BCUT2D eigenvalue weighted by molar-refractivity contribution is -0.115. The molecule has 1 aliphatic rings. The van der Waals surface area contributed by atoms with Crippen molar-refractivity contribution in [3.63, 3.8) is 0 Å². The summed E-state index contributed by atoms with van der Waals surface area (Å²) >= 11 is 3.40. The van der Waals surface area contributed by atoms with Crippen LogP contribution >= 0.6 is 28.3 Å². The Morgan fingerprint density at radius 1 is 1.44 bits per heavy atom. The van der Waals surface area contributed by atoms with Gasteiger partial charge in [-0.15, -0.1) is 12.4 Å². The topological polar surface area (TPSA) is 41.1 Å². The maximum atomic E-state index is 11.7.